The van der Waals surface area contributed by atoms with Crippen LogP contribution in [0.4, 0.5) is 5.69 Å². The Balaban J connectivity index is 2.00. The fourth-order valence-electron chi connectivity index (χ4n) is 1.65. The lowest BCUT2D eigenvalue weighted by Crippen LogP contribution is -2.22. The van der Waals surface area contributed by atoms with Crippen molar-refractivity contribution < 1.29 is 0 Å². The van der Waals surface area contributed by atoms with Gasteiger partial charge in [-0.15, -0.1) is 0 Å². The molecule has 1 aliphatic rings. The van der Waals surface area contributed by atoms with Gasteiger partial charge in [0.05, 0.1) is 0 Å². The van der Waals surface area contributed by atoms with Crippen LogP contribution in [0.2, 0.25) is 0 Å². The maximum Gasteiger partial charge on any atom is 0.0398 e. The zero-order chi connectivity index (χ0) is 9.10. The zero-order valence-corrected chi connectivity index (χ0v) is 7.88. The fraction of sp³-hybridized carbons (Fsp3) is 0.500. The predicted molar refractivity (Wildman–Crippen MR) is 53.9 cm³/mol. The Labute approximate surface area is 78.6 Å². The third-order valence-electron chi connectivity index (χ3n) is 2.33. The van der Waals surface area contributed by atoms with Crippen LogP contribution in [0.3, 0.4) is 0 Å². The molecule has 3 nitrogen and oxygen atoms in total. The van der Waals surface area contributed by atoms with Crippen molar-refractivity contribution in [1.82, 2.24) is 10.3 Å². The van der Waals surface area contributed by atoms with Crippen LogP contribution >= 0.6 is 0 Å². The first kappa shape index (κ1) is 8.51. The molecule has 0 amide bonds. The summed E-state index contributed by atoms with van der Waals surface area (Å²) in [4.78, 5) is 4.16. The number of aromatic nitrogens is 1. The summed E-state index contributed by atoms with van der Waals surface area (Å²) >= 11 is 0. The quantitative estimate of drug-likeness (QED) is 0.712. The van der Waals surface area contributed by atoms with E-state index < -0.39 is 0 Å². The molecule has 2 heterocycles. The second-order valence-electron chi connectivity index (χ2n) is 3.52. The molecular formula is C10H15N3. The van der Waals surface area contributed by atoms with Gasteiger partial charge in [0.2, 0.25) is 0 Å². The van der Waals surface area contributed by atoms with E-state index in [0.717, 1.165) is 18.8 Å². The van der Waals surface area contributed by atoms with Gasteiger partial charge in [-0.25, -0.2) is 0 Å². The van der Waals surface area contributed by atoms with Gasteiger partial charge in [-0.3, -0.25) is 4.98 Å². The van der Waals surface area contributed by atoms with Gasteiger partial charge >= 0.3 is 0 Å². The van der Waals surface area contributed by atoms with E-state index in [0.29, 0.717) is 6.04 Å². The van der Waals surface area contributed by atoms with Gasteiger partial charge in [-0.1, -0.05) is 0 Å². The lowest BCUT2D eigenvalue weighted by atomic mass is 10.2. The molecule has 3 heteroatoms. The van der Waals surface area contributed by atoms with E-state index in [2.05, 4.69) is 21.7 Å². The summed E-state index contributed by atoms with van der Waals surface area (Å²) in [6.07, 6.45) is 3.06. The Bertz CT molecular complexity index is 279. The van der Waals surface area contributed by atoms with Crippen LogP contribution in [0.25, 0.3) is 0 Å². The summed E-state index contributed by atoms with van der Waals surface area (Å²) in [7, 11) is 0. The number of aryl methyl sites for hydroxylation is 1. The highest BCUT2D eigenvalue weighted by atomic mass is 15.0. The van der Waals surface area contributed by atoms with Crippen LogP contribution in [-0.2, 0) is 0 Å². The van der Waals surface area contributed by atoms with Gasteiger partial charge in [-0.2, -0.15) is 0 Å². The Morgan fingerprint density at radius 1 is 1.62 bits per heavy atom. The van der Waals surface area contributed by atoms with Crippen molar-refractivity contribution in [1.29, 1.82) is 0 Å². The highest BCUT2D eigenvalue weighted by Crippen LogP contribution is 2.11. The summed E-state index contributed by atoms with van der Waals surface area (Å²) in [6, 6.07) is 4.69. The smallest absolute Gasteiger partial charge is 0.0398 e. The van der Waals surface area contributed by atoms with E-state index in [1.807, 2.05) is 19.2 Å². The van der Waals surface area contributed by atoms with Gasteiger partial charge in [0.15, 0.2) is 0 Å². The number of nitrogens with zero attached hydrogens (tertiary/aromatic N) is 1. The fourth-order valence-corrected chi connectivity index (χ4v) is 1.65. The van der Waals surface area contributed by atoms with Crippen molar-refractivity contribution in [2.45, 2.75) is 19.4 Å². The first-order valence-electron chi connectivity index (χ1n) is 4.74. The highest BCUT2D eigenvalue weighted by molar-refractivity contribution is 5.44. The zero-order valence-electron chi connectivity index (χ0n) is 7.88. The molecule has 1 atom stereocenters. The molecule has 1 aromatic rings. The van der Waals surface area contributed by atoms with Gasteiger partial charge in [0.1, 0.15) is 0 Å². The second-order valence-corrected chi connectivity index (χ2v) is 3.52. The molecule has 0 radical (unpaired) electrons. The molecule has 0 aliphatic carbocycles. The van der Waals surface area contributed by atoms with E-state index in [-0.39, 0.29) is 0 Å². The van der Waals surface area contributed by atoms with Crippen LogP contribution in [0.15, 0.2) is 18.3 Å². The molecule has 0 aromatic carbocycles. The van der Waals surface area contributed by atoms with Crippen LogP contribution < -0.4 is 10.6 Å². The molecule has 0 saturated carbocycles. The lowest BCUT2D eigenvalue weighted by Gasteiger charge is -2.12. The summed E-state index contributed by atoms with van der Waals surface area (Å²) in [5.74, 6) is 0. The van der Waals surface area contributed by atoms with Crippen molar-refractivity contribution in [2.75, 3.05) is 18.4 Å². The third kappa shape index (κ3) is 2.18. The molecule has 13 heavy (non-hydrogen) atoms. The van der Waals surface area contributed by atoms with Crippen molar-refractivity contribution in [2.24, 2.45) is 0 Å². The minimum Gasteiger partial charge on any atom is -0.381 e. The Kier molecular flexibility index (Phi) is 2.45. The number of hydrogen-bond donors (Lipinski definition) is 2. The summed E-state index contributed by atoms with van der Waals surface area (Å²) in [6.45, 7) is 4.21. The molecule has 1 saturated heterocycles. The second kappa shape index (κ2) is 3.75. The van der Waals surface area contributed by atoms with Crippen molar-refractivity contribution in [3.63, 3.8) is 0 Å². The molecular weight excluding hydrogens is 162 g/mol. The normalized spacial score (nSPS) is 21.8. The monoisotopic (exact) mass is 177 g/mol. The van der Waals surface area contributed by atoms with Gasteiger partial charge in [-0.05, 0) is 32.0 Å². The average Bonchev–Trinajstić information content (AvgIpc) is 2.57. The largest absolute Gasteiger partial charge is 0.381 e. The molecule has 1 aromatic heterocycles. The van der Waals surface area contributed by atoms with Gasteiger partial charge in [0.25, 0.3) is 0 Å². The van der Waals surface area contributed by atoms with E-state index in [9.17, 15) is 0 Å². The molecule has 1 fully saturated rings. The highest BCUT2D eigenvalue weighted by Gasteiger charge is 2.13. The SMILES string of the molecule is Cc1cc(N[C@H]2CCNC2)ccn1. The first-order valence-corrected chi connectivity index (χ1v) is 4.74. The number of hydrogen-bond acceptors (Lipinski definition) is 3. The van der Waals surface area contributed by atoms with Crippen LogP contribution in [0, 0.1) is 6.92 Å². The molecule has 0 unspecified atom stereocenters. The number of rotatable bonds is 2. The minimum atomic E-state index is 0.585. The van der Waals surface area contributed by atoms with Crippen LogP contribution in [0.1, 0.15) is 12.1 Å². The maximum atomic E-state index is 4.16. The number of pyridine rings is 1. The summed E-state index contributed by atoms with van der Waals surface area (Å²) in [5.41, 5.74) is 2.25. The summed E-state index contributed by atoms with van der Waals surface area (Å²) in [5, 5.41) is 6.81. The molecule has 0 spiro atoms. The lowest BCUT2D eigenvalue weighted by molar-refractivity contribution is 0.793. The Hall–Kier alpha value is -1.09. The van der Waals surface area contributed by atoms with E-state index in [4.69, 9.17) is 0 Å². The van der Waals surface area contributed by atoms with Crippen molar-refractivity contribution in [3.05, 3.63) is 24.0 Å². The number of nitrogens with one attached hydrogen (secondary N) is 2. The third-order valence-corrected chi connectivity index (χ3v) is 2.33. The van der Waals surface area contributed by atoms with E-state index >= 15 is 0 Å². The van der Waals surface area contributed by atoms with Gasteiger partial charge < -0.3 is 10.6 Å². The standard InChI is InChI=1S/C10H15N3/c1-8-6-9(3-5-12-8)13-10-2-4-11-7-10/h3,5-6,10-11H,2,4,7H2,1H3,(H,12,13)/t10-/m0/s1. The van der Waals surface area contributed by atoms with Crippen LogP contribution in [-0.4, -0.2) is 24.1 Å². The molecule has 2 rings (SSSR count). The average molecular weight is 177 g/mol. The minimum absolute atomic E-state index is 0.585. The van der Waals surface area contributed by atoms with E-state index in [1.165, 1.54) is 12.1 Å². The van der Waals surface area contributed by atoms with Crippen molar-refractivity contribution in [3.8, 4) is 0 Å². The summed E-state index contributed by atoms with van der Waals surface area (Å²) < 4.78 is 0. The Morgan fingerprint density at radius 2 is 2.54 bits per heavy atom. The number of anilines is 1. The topological polar surface area (TPSA) is 37.0 Å². The van der Waals surface area contributed by atoms with Crippen LogP contribution in [0.5, 0.6) is 0 Å². The maximum absolute atomic E-state index is 4.16. The first-order chi connectivity index (χ1) is 6.34. The Morgan fingerprint density at radius 3 is 3.23 bits per heavy atom. The van der Waals surface area contributed by atoms with Gasteiger partial charge in [0, 0.05) is 30.2 Å². The van der Waals surface area contributed by atoms with Crippen molar-refractivity contribution >= 4 is 5.69 Å². The van der Waals surface area contributed by atoms with E-state index in [1.54, 1.807) is 0 Å². The molecule has 0 bridgehead atoms. The molecule has 2 N–H and O–H groups in total. The molecule has 70 valence electrons. The molecule has 1 aliphatic heterocycles. The predicted octanol–water partition coefficient (Wildman–Crippen LogP) is 1.16.